The Balaban J connectivity index is 1.74. The van der Waals surface area contributed by atoms with E-state index in [9.17, 15) is 4.79 Å². The summed E-state index contributed by atoms with van der Waals surface area (Å²) in [6.45, 7) is 4.19. The molecule has 0 saturated heterocycles. The van der Waals surface area contributed by atoms with Crippen LogP contribution in [0.3, 0.4) is 0 Å². The van der Waals surface area contributed by atoms with E-state index in [1.54, 1.807) is 24.0 Å². The number of allylic oxidation sites excluding steroid dienone is 1. The van der Waals surface area contributed by atoms with Crippen LogP contribution in [0.15, 0.2) is 75.1 Å². The van der Waals surface area contributed by atoms with Gasteiger partial charge in [0, 0.05) is 23.2 Å². The van der Waals surface area contributed by atoms with E-state index in [1.807, 2.05) is 41.8 Å². The van der Waals surface area contributed by atoms with Crippen LogP contribution in [0.25, 0.3) is 21.5 Å². The third-order valence-electron chi connectivity index (χ3n) is 4.26. The standard InChI is InChI=1S/C21H18N2O3S2/c1-3-9-23-20(24)18-16(17-8-5-10-26-17)13-27-19(18)22-21(23)28-12-14-6-4-7-15(11-14)25-2/h3-8,10-11,13H,1,9,12H2,2H3. The number of fused-ring (bicyclic) bond motifs is 1. The number of thioether (sulfide) groups is 1. The predicted molar refractivity (Wildman–Crippen MR) is 114 cm³/mol. The first-order valence-electron chi connectivity index (χ1n) is 8.64. The van der Waals surface area contributed by atoms with Gasteiger partial charge >= 0.3 is 0 Å². The Labute approximate surface area is 170 Å². The molecule has 0 amide bonds. The zero-order valence-corrected chi connectivity index (χ0v) is 16.9. The molecule has 0 aliphatic rings. The molecule has 28 heavy (non-hydrogen) atoms. The van der Waals surface area contributed by atoms with E-state index in [1.165, 1.54) is 23.1 Å². The average molecular weight is 411 g/mol. The van der Waals surface area contributed by atoms with Gasteiger partial charge in [0.15, 0.2) is 5.16 Å². The second-order valence-electron chi connectivity index (χ2n) is 6.05. The van der Waals surface area contributed by atoms with Crippen molar-refractivity contribution in [2.75, 3.05) is 7.11 Å². The molecule has 3 heterocycles. The second-order valence-corrected chi connectivity index (χ2v) is 7.85. The first-order valence-corrected chi connectivity index (χ1v) is 10.5. The van der Waals surface area contributed by atoms with Crippen molar-refractivity contribution < 1.29 is 9.15 Å². The lowest BCUT2D eigenvalue weighted by molar-refractivity contribution is 0.414. The van der Waals surface area contributed by atoms with Gasteiger partial charge in [0.2, 0.25) is 0 Å². The number of hydrogen-bond donors (Lipinski definition) is 0. The van der Waals surface area contributed by atoms with Gasteiger partial charge in [-0.25, -0.2) is 4.98 Å². The molecule has 0 saturated carbocycles. The zero-order valence-electron chi connectivity index (χ0n) is 15.3. The Morgan fingerprint density at radius 2 is 2.25 bits per heavy atom. The summed E-state index contributed by atoms with van der Waals surface area (Å²) in [6.07, 6.45) is 3.32. The molecule has 0 fully saturated rings. The van der Waals surface area contributed by atoms with Crippen molar-refractivity contribution in [1.29, 1.82) is 0 Å². The van der Waals surface area contributed by atoms with Crippen LogP contribution < -0.4 is 10.3 Å². The number of hydrogen-bond acceptors (Lipinski definition) is 6. The topological polar surface area (TPSA) is 57.3 Å². The van der Waals surface area contributed by atoms with Gasteiger partial charge in [-0.1, -0.05) is 30.0 Å². The van der Waals surface area contributed by atoms with Crippen LogP contribution in [-0.2, 0) is 12.3 Å². The third kappa shape index (κ3) is 3.50. The molecule has 4 rings (SSSR count). The summed E-state index contributed by atoms with van der Waals surface area (Å²) in [6, 6.07) is 11.5. The Hall–Kier alpha value is -2.77. The number of ether oxygens (including phenoxy) is 1. The summed E-state index contributed by atoms with van der Waals surface area (Å²) in [4.78, 5) is 18.7. The molecule has 0 N–H and O–H groups in total. The lowest BCUT2D eigenvalue weighted by Crippen LogP contribution is -2.22. The van der Waals surface area contributed by atoms with E-state index in [4.69, 9.17) is 14.1 Å². The highest BCUT2D eigenvalue weighted by Crippen LogP contribution is 2.33. The van der Waals surface area contributed by atoms with Crippen molar-refractivity contribution in [2.45, 2.75) is 17.5 Å². The largest absolute Gasteiger partial charge is 0.497 e. The number of benzene rings is 1. The summed E-state index contributed by atoms with van der Waals surface area (Å²) in [5, 5.41) is 3.19. The Kier molecular flexibility index (Phi) is 5.36. The maximum absolute atomic E-state index is 13.2. The maximum atomic E-state index is 13.2. The van der Waals surface area contributed by atoms with Crippen molar-refractivity contribution >= 4 is 33.3 Å². The SMILES string of the molecule is C=CCn1c(SCc2cccc(OC)c2)nc2scc(-c3ccco3)c2c1=O. The van der Waals surface area contributed by atoms with E-state index in [2.05, 4.69) is 6.58 Å². The molecule has 0 spiro atoms. The summed E-state index contributed by atoms with van der Waals surface area (Å²) < 4.78 is 12.4. The van der Waals surface area contributed by atoms with Gasteiger partial charge in [-0.05, 0) is 29.8 Å². The number of rotatable bonds is 7. The quantitative estimate of drug-likeness (QED) is 0.238. The van der Waals surface area contributed by atoms with Gasteiger partial charge in [-0.15, -0.1) is 17.9 Å². The minimum absolute atomic E-state index is 0.0781. The molecular weight excluding hydrogens is 392 g/mol. The summed E-state index contributed by atoms with van der Waals surface area (Å²) >= 11 is 2.98. The van der Waals surface area contributed by atoms with Crippen molar-refractivity contribution in [1.82, 2.24) is 9.55 Å². The van der Waals surface area contributed by atoms with Gasteiger partial charge in [-0.3, -0.25) is 9.36 Å². The zero-order chi connectivity index (χ0) is 19.5. The van der Waals surface area contributed by atoms with Crippen LogP contribution in [-0.4, -0.2) is 16.7 Å². The lowest BCUT2D eigenvalue weighted by atomic mass is 10.2. The van der Waals surface area contributed by atoms with E-state index < -0.39 is 0 Å². The second kappa shape index (κ2) is 8.08. The van der Waals surface area contributed by atoms with Gasteiger partial charge in [0.1, 0.15) is 16.3 Å². The average Bonchev–Trinajstić information content (AvgIpc) is 3.38. The van der Waals surface area contributed by atoms with Gasteiger partial charge in [-0.2, -0.15) is 0 Å². The Morgan fingerprint density at radius 1 is 1.36 bits per heavy atom. The van der Waals surface area contributed by atoms with Gasteiger partial charge in [0.05, 0.1) is 18.8 Å². The molecule has 4 aromatic rings. The van der Waals surface area contributed by atoms with Crippen molar-refractivity contribution in [3.63, 3.8) is 0 Å². The number of aromatic nitrogens is 2. The molecule has 0 aliphatic carbocycles. The van der Waals surface area contributed by atoms with Gasteiger partial charge in [0.25, 0.3) is 5.56 Å². The van der Waals surface area contributed by atoms with Gasteiger partial charge < -0.3 is 9.15 Å². The molecule has 142 valence electrons. The Morgan fingerprint density at radius 3 is 3.00 bits per heavy atom. The number of furan rings is 1. The summed E-state index contributed by atoms with van der Waals surface area (Å²) in [5.41, 5.74) is 1.81. The minimum atomic E-state index is -0.0781. The monoisotopic (exact) mass is 410 g/mol. The van der Waals surface area contributed by atoms with Crippen molar-refractivity contribution in [3.05, 3.63) is 76.6 Å². The predicted octanol–water partition coefficient (Wildman–Crippen LogP) is 5.20. The molecule has 0 atom stereocenters. The summed E-state index contributed by atoms with van der Waals surface area (Å²) in [7, 11) is 1.65. The van der Waals surface area contributed by atoms with Crippen LogP contribution >= 0.6 is 23.1 Å². The lowest BCUT2D eigenvalue weighted by Gasteiger charge is -2.11. The normalized spacial score (nSPS) is 11.0. The Bertz CT molecular complexity index is 1180. The third-order valence-corrected chi connectivity index (χ3v) is 6.18. The molecule has 7 heteroatoms. The number of thiophene rings is 1. The highest BCUT2D eigenvalue weighted by molar-refractivity contribution is 7.98. The highest BCUT2D eigenvalue weighted by atomic mass is 32.2. The first-order chi connectivity index (χ1) is 13.7. The molecule has 5 nitrogen and oxygen atoms in total. The first kappa shape index (κ1) is 18.6. The van der Waals surface area contributed by atoms with E-state index in [0.29, 0.717) is 33.4 Å². The maximum Gasteiger partial charge on any atom is 0.263 e. The van der Waals surface area contributed by atoms with E-state index in [-0.39, 0.29) is 5.56 Å². The molecular formula is C21H18N2O3S2. The smallest absolute Gasteiger partial charge is 0.263 e. The summed E-state index contributed by atoms with van der Waals surface area (Å²) in [5.74, 6) is 2.17. The van der Waals surface area contributed by atoms with Crippen LogP contribution in [0.4, 0.5) is 0 Å². The van der Waals surface area contributed by atoms with Crippen molar-refractivity contribution in [2.24, 2.45) is 0 Å². The highest BCUT2D eigenvalue weighted by Gasteiger charge is 2.18. The number of nitrogens with zero attached hydrogens (tertiary/aromatic N) is 2. The van der Waals surface area contributed by atoms with Crippen molar-refractivity contribution in [3.8, 4) is 17.1 Å². The van der Waals surface area contributed by atoms with E-state index in [0.717, 1.165) is 16.9 Å². The van der Waals surface area contributed by atoms with Crippen LogP contribution in [0, 0.1) is 0 Å². The molecule has 0 aliphatic heterocycles. The fourth-order valence-electron chi connectivity index (χ4n) is 2.93. The molecule has 0 radical (unpaired) electrons. The molecule has 0 bridgehead atoms. The molecule has 3 aromatic heterocycles. The fourth-order valence-corrected chi connectivity index (χ4v) is 4.85. The number of methoxy groups -OCH3 is 1. The van der Waals surface area contributed by atoms with Crippen LogP contribution in [0.5, 0.6) is 5.75 Å². The molecule has 1 aromatic carbocycles. The minimum Gasteiger partial charge on any atom is -0.497 e. The van der Waals surface area contributed by atoms with Crippen LogP contribution in [0.2, 0.25) is 0 Å². The fraction of sp³-hybridized carbons (Fsp3) is 0.143. The van der Waals surface area contributed by atoms with E-state index >= 15 is 0 Å². The molecule has 0 unspecified atom stereocenters. The van der Waals surface area contributed by atoms with Crippen LogP contribution in [0.1, 0.15) is 5.56 Å².